The van der Waals surface area contributed by atoms with E-state index in [1.165, 1.54) is 55.1 Å². The molecule has 3 heterocycles. The van der Waals surface area contributed by atoms with E-state index in [1.807, 2.05) is 6.07 Å². The summed E-state index contributed by atoms with van der Waals surface area (Å²) in [6.07, 6.45) is 0. The zero-order valence-electron chi connectivity index (χ0n) is 39.7. The van der Waals surface area contributed by atoms with Crippen LogP contribution in [-0.4, -0.2) is 15.0 Å². The third kappa shape index (κ3) is 6.22. The fourth-order valence-electron chi connectivity index (χ4n) is 12.3. The number of para-hydroxylation sites is 1. The molecular formula is C70H43N3. The molecule has 0 atom stereocenters. The highest BCUT2D eigenvalue weighted by Gasteiger charge is 2.46. The molecule has 11 aromatic carbocycles. The number of hydrogen-bond acceptors (Lipinski definition) is 3. The van der Waals surface area contributed by atoms with E-state index in [9.17, 15) is 0 Å². The van der Waals surface area contributed by atoms with Crippen LogP contribution in [0.15, 0.2) is 261 Å². The van der Waals surface area contributed by atoms with Crippen LogP contribution in [0, 0.1) is 0 Å². The summed E-state index contributed by atoms with van der Waals surface area (Å²) >= 11 is 0. The molecular weight excluding hydrogens is 883 g/mol. The number of pyridine rings is 3. The molecule has 0 radical (unpaired) electrons. The lowest BCUT2D eigenvalue weighted by atomic mass is 9.67. The summed E-state index contributed by atoms with van der Waals surface area (Å²) in [6.45, 7) is 0. The molecule has 1 aliphatic rings. The zero-order valence-corrected chi connectivity index (χ0v) is 39.7. The van der Waals surface area contributed by atoms with Crippen LogP contribution in [0.1, 0.15) is 22.3 Å². The van der Waals surface area contributed by atoms with Gasteiger partial charge in [0.2, 0.25) is 0 Å². The molecule has 3 aromatic heterocycles. The minimum absolute atomic E-state index is 0.502. The smallest absolute Gasteiger partial charge is 0.0972 e. The molecule has 338 valence electrons. The predicted molar refractivity (Wildman–Crippen MR) is 304 cm³/mol. The van der Waals surface area contributed by atoms with E-state index in [4.69, 9.17) is 15.0 Å². The first-order chi connectivity index (χ1) is 36.2. The lowest BCUT2D eigenvalue weighted by molar-refractivity contribution is 0.769. The largest absolute Gasteiger partial charge is 0.247 e. The Morgan fingerprint density at radius 2 is 0.767 bits per heavy atom. The maximum atomic E-state index is 5.51. The van der Waals surface area contributed by atoms with Gasteiger partial charge >= 0.3 is 0 Å². The fraction of sp³-hybridized carbons (Fsp3) is 0.0143. The average Bonchev–Trinajstić information content (AvgIpc) is 3.76. The van der Waals surface area contributed by atoms with Gasteiger partial charge < -0.3 is 0 Å². The molecule has 0 aliphatic heterocycles. The lowest BCUT2D eigenvalue weighted by Crippen LogP contribution is -2.28. The Balaban J connectivity index is 0.907. The van der Waals surface area contributed by atoms with Crippen molar-refractivity contribution in [2.45, 2.75) is 5.41 Å². The van der Waals surface area contributed by atoms with Crippen molar-refractivity contribution in [2.24, 2.45) is 0 Å². The highest BCUT2D eigenvalue weighted by atomic mass is 14.8. The highest BCUT2D eigenvalue weighted by Crippen LogP contribution is 2.57. The first-order valence-corrected chi connectivity index (χ1v) is 25.1. The number of benzene rings is 11. The molecule has 0 saturated heterocycles. The molecule has 1 aliphatic carbocycles. The van der Waals surface area contributed by atoms with Crippen LogP contribution in [0.2, 0.25) is 0 Å². The van der Waals surface area contributed by atoms with Crippen molar-refractivity contribution in [1.29, 1.82) is 0 Å². The molecule has 73 heavy (non-hydrogen) atoms. The summed E-state index contributed by atoms with van der Waals surface area (Å²) in [5.41, 5.74) is 18.3. The maximum Gasteiger partial charge on any atom is 0.0972 e. The SMILES string of the molecule is c1ccc(-c2ccc3ccc4ccc(-c5c6ccccc6c(-c6ccc(-c7nc8ccccc8c8cc9c(cc78)-c7ccccc7C9(c7ccccc7)c7ccccc7)cc6)c6ccccc56)nc4c3n2)cc1. The summed E-state index contributed by atoms with van der Waals surface area (Å²) in [7, 11) is 0. The minimum Gasteiger partial charge on any atom is -0.247 e. The Morgan fingerprint density at radius 3 is 1.41 bits per heavy atom. The lowest BCUT2D eigenvalue weighted by Gasteiger charge is -2.34. The summed E-state index contributed by atoms with van der Waals surface area (Å²) in [4.78, 5) is 16.2. The Labute approximate surface area is 422 Å². The molecule has 3 nitrogen and oxygen atoms in total. The Hall–Kier alpha value is -9.57. The summed E-state index contributed by atoms with van der Waals surface area (Å²) in [5.74, 6) is 0. The molecule has 0 amide bonds. The van der Waals surface area contributed by atoms with Gasteiger partial charge in [0.1, 0.15) is 0 Å². The Morgan fingerprint density at radius 1 is 0.274 bits per heavy atom. The van der Waals surface area contributed by atoms with Gasteiger partial charge in [-0.3, -0.25) is 0 Å². The van der Waals surface area contributed by atoms with E-state index in [1.54, 1.807) is 0 Å². The van der Waals surface area contributed by atoms with Crippen LogP contribution < -0.4 is 0 Å². The quantitative estimate of drug-likeness (QED) is 0.123. The molecule has 0 saturated carbocycles. The van der Waals surface area contributed by atoms with Crippen LogP contribution in [-0.2, 0) is 5.41 Å². The van der Waals surface area contributed by atoms with E-state index in [-0.39, 0.29) is 0 Å². The van der Waals surface area contributed by atoms with Crippen LogP contribution in [0.3, 0.4) is 0 Å². The van der Waals surface area contributed by atoms with Gasteiger partial charge in [-0.1, -0.05) is 231 Å². The second-order valence-electron chi connectivity index (χ2n) is 19.3. The first kappa shape index (κ1) is 41.2. The van der Waals surface area contributed by atoms with Crippen LogP contribution >= 0.6 is 0 Å². The normalized spacial score (nSPS) is 12.8. The van der Waals surface area contributed by atoms with Gasteiger partial charge in [0.25, 0.3) is 0 Å². The minimum atomic E-state index is -0.502. The van der Waals surface area contributed by atoms with Crippen LogP contribution in [0.4, 0.5) is 0 Å². The molecule has 0 spiro atoms. The number of nitrogens with zero attached hydrogens (tertiary/aromatic N) is 3. The molecule has 3 heteroatoms. The van der Waals surface area contributed by atoms with E-state index in [0.29, 0.717) is 0 Å². The van der Waals surface area contributed by atoms with Crippen molar-refractivity contribution in [3.05, 3.63) is 283 Å². The van der Waals surface area contributed by atoms with E-state index in [0.717, 1.165) is 88.2 Å². The van der Waals surface area contributed by atoms with Crippen LogP contribution in [0.25, 0.3) is 121 Å². The van der Waals surface area contributed by atoms with Gasteiger partial charge in [-0.25, -0.2) is 15.0 Å². The summed E-state index contributed by atoms with van der Waals surface area (Å²) < 4.78 is 0. The summed E-state index contributed by atoms with van der Waals surface area (Å²) in [6, 6.07) is 94.7. The topological polar surface area (TPSA) is 38.7 Å². The number of hydrogen-bond donors (Lipinski definition) is 0. The molecule has 14 aromatic rings. The van der Waals surface area contributed by atoms with Gasteiger partial charge in [-0.2, -0.15) is 0 Å². The fourth-order valence-corrected chi connectivity index (χ4v) is 12.3. The van der Waals surface area contributed by atoms with E-state index >= 15 is 0 Å². The van der Waals surface area contributed by atoms with Crippen molar-refractivity contribution in [3.63, 3.8) is 0 Å². The van der Waals surface area contributed by atoms with Crippen molar-refractivity contribution < 1.29 is 0 Å². The van der Waals surface area contributed by atoms with Crippen molar-refractivity contribution in [3.8, 4) is 56.0 Å². The summed E-state index contributed by atoms with van der Waals surface area (Å²) in [5, 5.41) is 10.3. The number of rotatable bonds is 6. The van der Waals surface area contributed by atoms with Gasteiger partial charge in [-0.15, -0.1) is 0 Å². The monoisotopic (exact) mass is 925 g/mol. The van der Waals surface area contributed by atoms with Gasteiger partial charge in [-0.05, 0) is 102 Å². The third-order valence-electron chi connectivity index (χ3n) is 15.5. The Kier molecular flexibility index (Phi) is 9.18. The standard InChI is InChI=1S/C70H43N3/c1-4-18-44(19-5-1)62-40-38-47-36-37-48-39-41-64(73-69(48)68(47)71-62)66-55-28-12-10-26-53(55)65(54-27-11-13-29-56(54)66)45-32-34-46(35-33-45)67-59-42-58-51-24-14-16-30-60(51)70(49-20-6-2-7-21-49,50-22-8-3-9-23-50)61(58)43-57(59)52-25-15-17-31-63(52)72-67/h1-43H. The Bertz CT molecular complexity index is 4430. The van der Waals surface area contributed by atoms with Crippen LogP contribution in [0.5, 0.6) is 0 Å². The van der Waals surface area contributed by atoms with E-state index < -0.39 is 5.41 Å². The van der Waals surface area contributed by atoms with Crippen molar-refractivity contribution in [1.82, 2.24) is 15.0 Å². The van der Waals surface area contributed by atoms with Gasteiger partial charge in [0, 0.05) is 38.2 Å². The zero-order chi connectivity index (χ0) is 48.0. The second-order valence-corrected chi connectivity index (χ2v) is 19.3. The molecule has 0 unspecified atom stereocenters. The highest BCUT2D eigenvalue weighted by molar-refractivity contribution is 6.22. The predicted octanol–water partition coefficient (Wildman–Crippen LogP) is 17.8. The first-order valence-electron chi connectivity index (χ1n) is 25.1. The molecule has 0 fully saturated rings. The van der Waals surface area contributed by atoms with Crippen molar-refractivity contribution in [2.75, 3.05) is 0 Å². The average molecular weight is 926 g/mol. The number of fused-ring (bicyclic) bond motifs is 11. The maximum absolute atomic E-state index is 5.51. The van der Waals surface area contributed by atoms with Gasteiger partial charge in [0.05, 0.1) is 39.0 Å². The third-order valence-corrected chi connectivity index (χ3v) is 15.5. The molecule has 15 rings (SSSR count). The molecule has 0 bridgehead atoms. The number of aromatic nitrogens is 3. The van der Waals surface area contributed by atoms with E-state index in [2.05, 4.69) is 255 Å². The van der Waals surface area contributed by atoms with Gasteiger partial charge in [0.15, 0.2) is 0 Å². The molecule has 0 N–H and O–H groups in total. The second kappa shape index (κ2) is 16.2. The van der Waals surface area contributed by atoms with Crippen molar-refractivity contribution >= 4 is 65.0 Å².